The molecule has 6 rings (SSSR count). The monoisotopic (exact) mass is 573 g/mol. The summed E-state index contributed by atoms with van der Waals surface area (Å²) in [6.45, 7) is 3.69. The molecule has 0 spiro atoms. The van der Waals surface area contributed by atoms with E-state index in [4.69, 9.17) is 13.9 Å². The molecule has 0 atom stereocenters. The van der Waals surface area contributed by atoms with Crippen molar-refractivity contribution < 1.29 is 27.5 Å². The number of fused-ring (bicyclic) bond motifs is 1. The van der Waals surface area contributed by atoms with Gasteiger partial charge in [-0.1, -0.05) is 0 Å². The van der Waals surface area contributed by atoms with Gasteiger partial charge in [0.1, 0.15) is 17.3 Å². The van der Waals surface area contributed by atoms with Crippen molar-refractivity contribution in [2.75, 3.05) is 5.32 Å². The van der Waals surface area contributed by atoms with E-state index in [2.05, 4.69) is 20.6 Å². The number of hydrogen-bond donors (Lipinski definition) is 2. The van der Waals surface area contributed by atoms with Gasteiger partial charge in [-0.2, -0.15) is 14.9 Å². The van der Waals surface area contributed by atoms with Gasteiger partial charge in [0.15, 0.2) is 11.6 Å². The molecule has 0 unspecified atom stereocenters. The van der Waals surface area contributed by atoms with Crippen LogP contribution in [-0.2, 0) is 7.05 Å². The van der Waals surface area contributed by atoms with E-state index in [1.807, 2.05) is 27.0 Å². The maximum absolute atomic E-state index is 15.3. The minimum atomic E-state index is -0.698. The fourth-order valence-corrected chi connectivity index (χ4v) is 4.22. The van der Waals surface area contributed by atoms with Crippen LogP contribution in [0.5, 0.6) is 11.5 Å². The van der Waals surface area contributed by atoms with E-state index in [-0.39, 0.29) is 23.2 Å². The predicted octanol–water partition coefficient (Wildman–Crippen LogP) is 6.77. The summed E-state index contributed by atoms with van der Waals surface area (Å²) in [6, 6.07) is 12.9. The molecule has 0 radical (unpaired) electrons. The van der Waals surface area contributed by atoms with Crippen LogP contribution in [0.25, 0.3) is 27.7 Å². The van der Waals surface area contributed by atoms with Gasteiger partial charge >= 0.3 is 0 Å². The van der Waals surface area contributed by atoms with Crippen LogP contribution in [0.4, 0.5) is 14.5 Å². The van der Waals surface area contributed by atoms with Crippen LogP contribution in [0.2, 0.25) is 0 Å². The van der Waals surface area contributed by atoms with Crippen LogP contribution < -0.4 is 10.1 Å². The second kappa shape index (κ2) is 10.8. The normalized spacial score (nSPS) is 11.3. The number of ether oxygens (including phenoxy) is 1. The summed E-state index contributed by atoms with van der Waals surface area (Å²) in [7, 11) is 1.83. The molecule has 0 fully saturated rings. The third-order valence-electron chi connectivity index (χ3n) is 6.43. The molecular weight excluding hydrogens is 548 g/mol. The molecule has 2 N–H and O–H groups in total. The lowest BCUT2D eigenvalue weighted by Crippen LogP contribution is -2.17. The van der Waals surface area contributed by atoms with E-state index in [1.54, 1.807) is 29.3 Å². The van der Waals surface area contributed by atoms with Gasteiger partial charge in [-0.25, -0.2) is 8.78 Å². The van der Waals surface area contributed by atoms with E-state index in [1.165, 1.54) is 47.3 Å². The first-order chi connectivity index (χ1) is 20.2. The van der Waals surface area contributed by atoms with Gasteiger partial charge in [0.25, 0.3) is 5.91 Å². The van der Waals surface area contributed by atoms with Gasteiger partial charge < -0.3 is 14.6 Å². The summed E-state index contributed by atoms with van der Waals surface area (Å²) in [5.74, 6) is -1.56. The summed E-state index contributed by atoms with van der Waals surface area (Å²) in [5, 5.41) is 14.5. The van der Waals surface area contributed by atoms with Crippen molar-refractivity contribution in [2.45, 2.75) is 19.9 Å². The highest BCUT2D eigenvalue weighted by Crippen LogP contribution is 2.37. The number of carbonyl (C=O) groups is 1. The number of aryl methyl sites for hydroxylation is 1. The number of rotatable bonds is 7. The van der Waals surface area contributed by atoms with Crippen LogP contribution in [0, 0.1) is 11.6 Å². The van der Waals surface area contributed by atoms with Crippen LogP contribution in [0.3, 0.4) is 0 Å². The lowest BCUT2D eigenvalue weighted by Gasteiger charge is -2.15. The zero-order valence-electron chi connectivity index (χ0n) is 22.7. The van der Waals surface area contributed by atoms with Gasteiger partial charge in [0.2, 0.25) is 5.76 Å². The number of nitrogens with zero attached hydrogens (tertiary/aromatic N) is 5. The molecule has 214 valence electrons. The maximum Gasteiger partial charge on any atom is 0.295 e. The second-order valence-electron chi connectivity index (χ2n) is 9.72. The Labute approximate surface area is 237 Å². The Kier molecular flexibility index (Phi) is 6.82. The highest BCUT2D eigenvalue weighted by atomic mass is 19.1. The van der Waals surface area contributed by atoms with Crippen LogP contribution in [-0.4, -0.2) is 35.5 Å². The molecule has 0 saturated carbocycles. The molecule has 0 aliphatic rings. The summed E-state index contributed by atoms with van der Waals surface area (Å²) >= 11 is 0. The third-order valence-corrected chi connectivity index (χ3v) is 6.43. The molecule has 0 bridgehead atoms. The maximum atomic E-state index is 15.3. The number of nitrogens with one attached hydrogen (secondary N) is 2. The number of benzene rings is 3. The number of halogens is 2. The van der Waals surface area contributed by atoms with Crippen molar-refractivity contribution in [3.05, 3.63) is 96.8 Å². The van der Waals surface area contributed by atoms with E-state index in [9.17, 15) is 9.18 Å². The summed E-state index contributed by atoms with van der Waals surface area (Å²) < 4.78 is 49.1. The zero-order valence-corrected chi connectivity index (χ0v) is 22.7. The molecule has 0 saturated heterocycles. The van der Waals surface area contributed by atoms with E-state index >= 15 is 4.39 Å². The molecule has 13 heteroatoms. The largest absolute Gasteiger partial charge is 0.454 e. The SMILES string of the molecule is CC(C)n1cc(C(=O)Nc2ccc(Oc3cc4cnn(C)c4cc3-c3cn[nH]c3)c(F)c2)on(-c2ccc(F)cc2)o1. The number of H-pyrrole nitrogens is 1. The van der Waals surface area contributed by atoms with Crippen molar-refractivity contribution in [3.8, 4) is 28.3 Å². The Balaban J connectivity index is 1.27. The first-order valence-electron chi connectivity index (χ1n) is 12.9. The smallest absolute Gasteiger partial charge is 0.295 e. The van der Waals surface area contributed by atoms with Gasteiger partial charge in [-0.05, 0) is 67.3 Å². The topological polar surface area (TPSA) is 121 Å². The first-order valence-corrected chi connectivity index (χ1v) is 12.9. The van der Waals surface area contributed by atoms with Gasteiger partial charge in [-0.3, -0.25) is 19.2 Å². The van der Waals surface area contributed by atoms with E-state index < -0.39 is 17.5 Å². The molecule has 0 aliphatic heterocycles. The number of anilines is 1. The van der Waals surface area contributed by atoms with Crippen molar-refractivity contribution in [1.82, 2.24) is 29.6 Å². The van der Waals surface area contributed by atoms with Crippen molar-refractivity contribution >= 4 is 22.5 Å². The second-order valence-corrected chi connectivity index (χ2v) is 9.72. The van der Waals surface area contributed by atoms with Crippen LogP contribution in [0.1, 0.15) is 30.4 Å². The van der Waals surface area contributed by atoms with E-state index in [0.29, 0.717) is 17.0 Å². The van der Waals surface area contributed by atoms with Crippen LogP contribution >= 0.6 is 0 Å². The number of aromatic nitrogens is 6. The summed E-state index contributed by atoms with van der Waals surface area (Å²) in [6.07, 6.45) is 6.43. The van der Waals surface area contributed by atoms with Gasteiger partial charge in [0, 0.05) is 41.5 Å². The fraction of sp³-hybridized carbons (Fsp3) is 0.138. The average Bonchev–Trinajstić information content (AvgIpc) is 3.64. The lowest BCUT2D eigenvalue weighted by molar-refractivity contribution is -0.00766. The molecule has 6 aromatic rings. The summed E-state index contributed by atoms with van der Waals surface area (Å²) in [4.78, 5) is 14.1. The van der Waals surface area contributed by atoms with Gasteiger partial charge in [0.05, 0.1) is 30.1 Å². The number of aromatic amines is 1. The Hall–Kier alpha value is -5.59. The first kappa shape index (κ1) is 26.6. The van der Waals surface area contributed by atoms with Crippen molar-refractivity contribution in [2.24, 2.45) is 7.05 Å². The molecule has 3 aromatic carbocycles. The van der Waals surface area contributed by atoms with E-state index in [0.717, 1.165) is 27.4 Å². The Morgan fingerprint density at radius 3 is 2.57 bits per heavy atom. The summed E-state index contributed by atoms with van der Waals surface area (Å²) in [5.41, 5.74) is 2.85. The van der Waals surface area contributed by atoms with Crippen LogP contribution in [0.15, 0.2) is 88.5 Å². The number of amides is 1. The Morgan fingerprint density at radius 2 is 1.86 bits per heavy atom. The molecule has 1 amide bonds. The zero-order chi connectivity index (χ0) is 29.4. The molecule has 42 heavy (non-hydrogen) atoms. The number of carbonyl (C=O) groups excluding carboxylic acids is 1. The van der Waals surface area contributed by atoms with Crippen molar-refractivity contribution in [1.29, 1.82) is 0 Å². The highest BCUT2D eigenvalue weighted by molar-refractivity contribution is 6.02. The molecule has 3 heterocycles. The highest BCUT2D eigenvalue weighted by Gasteiger charge is 2.18. The standard InChI is InChI=1S/C29H25F2N7O4/c1-17(2)37-16-28(41-38(42-37)22-7-4-20(30)5-8-22)29(39)35-21-6-9-26(24(31)11-21)40-27-10-18-15-34-36(3)25(18)12-23(27)19-13-32-33-14-19/h4-17H,1-3H3,(H,32,33)(H,35,39). The fourth-order valence-electron chi connectivity index (χ4n) is 4.22. The average molecular weight is 574 g/mol. The van der Waals surface area contributed by atoms with Gasteiger partial charge in [-0.15, -0.1) is 0 Å². The molecular formula is C29H25F2N7O4. The third kappa shape index (κ3) is 5.27. The lowest BCUT2D eigenvalue weighted by atomic mass is 10.1. The quantitative estimate of drug-likeness (QED) is 0.217. The Morgan fingerprint density at radius 1 is 1.05 bits per heavy atom. The Bertz CT molecular complexity index is 1920. The minimum absolute atomic E-state index is 0.0454. The van der Waals surface area contributed by atoms with Crippen molar-refractivity contribution in [3.63, 3.8) is 0 Å². The molecule has 3 aromatic heterocycles. The predicted molar refractivity (Wildman–Crippen MR) is 149 cm³/mol. The number of hydrogen-bond acceptors (Lipinski definition) is 6. The molecule has 0 aliphatic carbocycles. The molecule has 11 nitrogen and oxygen atoms in total. The minimum Gasteiger partial charge on any atom is -0.454 e.